The monoisotopic (exact) mass is 164 g/mol. The molecule has 68 valence electrons. The molecule has 3 rings (SSSR count). The zero-order valence-corrected chi connectivity index (χ0v) is 8.78. The van der Waals surface area contributed by atoms with Gasteiger partial charge in [0.05, 0.1) is 0 Å². The second-order valence-corrected chi connectivity index (χ2v) is 6.17. The average Bonchev–Trinajstić information content (AvgIpc) is 2.49. The molecule has 3 saturated carbocycles. The van der Waals surface area contributed by atoms with Gasteiger partial charge in [-0.05, 0) is 40.9 Å². The molecule has 0 amide bonds. The van der Waals surface area contributed by atoms with E-state index < -0.39 is 0 Å². The molecule has 4 atom stereocenters. The summed E-state index contributed by atoms with van der Waals surface area (Å²) in [5.41, 5.74) is 2.10. The van der Waals surface area contributed by atoms with Crippen molar-refractivity contribution < 1.29 is 0 Å². The van der Waals surface area contributed by atoms with Crippen LogP contribution >= 0.6 is 0 Å². The fraction of sp³-hybridized carbons (Fsp3) is 1.00. The maximum absolute atomic E-state index is 2.54. The molecule has 0 spiro atoms. The van der Waals surface area contributed by atoms with E-state index in [-0.39, 0.29) is 0 Å². The Morgan fingerprint density at radius 3 is 1.67 bits per heavy atom. The molecule has 0 aromatic heterocycles. The molecule has 0 N–H and O–H groups in total. The molecule has 3 fully saturated rings. The lowest BCUT2D eigenvalue weighted by molar-refractivity contribution is 0.0302. The number of rotatable bonds is 0. The highest BCUT2D eigenvalue weighted by atomic mass is 14.9. The quantitative estimate of drug-likeness (QED) is 0.514. The van der Waals surface area contributed by atoms with E-state index in [1.165, 1.54) is 19.3 Å². The van der Waals surface area contributed by atoms with Crippen molar-refractivity contribution >= 4 is 0 Å². The minimum atomic E-state index is 0.649. The van der Waals surface area contributed by atoms with Gasteiger partial charge >= 0.3 is 0 Å². The highest BCUT2D eigenvalue weighted by molar-refractivity contribution is 5.37. The highest BCUT2D eigenvalue weighted by Crippen LogP contribution is 2.95. The number of fused-ring (bicyclic) bond motifs is 4. The van der Waals surface area contributed by atoms with Gasteiger partial charge in [-0.3, -0.25) is 0 Å². The summed E-state index contributed by atoms with van der Waals surface area (Å²) < 4.78 is 0. The molecule has 0 bridgehead atoms. The van der Waals surface area contributed by atoms with Crippen molar-refractivity contribution in [1.82, 2.24) is 0 Å². The Hall–Kier alpha value is 0. The van der Waals surface area contributed by atoms with Gasteiger partial charge in [-0.15, -0.1) is 0 Å². The van der Waals surface area contributed by atoms with E-state index in [4.69, 9.17) is 0 Å². The Balaban J connectivity index is 2.05. The van der Waals surface area contributed by atoms with Crippen LogP contribution in [-0.2, 0) is 0 Å². The minimum Gasteiger partial charge on any atom is -0.0588 e. The second kappa shape index (κ2) is 1.51. The maximum atomic E-state index is 2.54. The molecule has 0 heteroatoms. The topological polar surface area (TPSA) is 0 Å². The van der Waals surface area contributed by atoms with Crippen molar-refractivity contribution in [3.63, 3.8) is 0 Å². The lowest BCUT2D eigenvalue weighted by atomic mass is 9.60. The molecule has 0 heterocycles. The summed E-state index contributed by atoms with van der Waals surface area (Å²) >= 11 is 0. The molecule has 0 aliphatic heterocycles. The molecule has 3 aliphatic rings. The predicted octanol–water partition coefficient (Wildman–Crippen LogP) is 3.47. The fourth-order valence-electron chi connectivity index (χ4n) is 5.36. The van der Waals surface area contributed by atoms with E-state index in [2.05, 4.69) is 27.7 Å². The van der Waals surface area contributed by atoms with Crippen LogP contribution in [0.25, 0.3) is 0 Å². The molecular formula is C12H20. The van der Waals surface area contributed by atoms with E-state index in [0.29, 0.717) is 5.41 Å². The fourth-order valence-corrected chi connectivity index (χ4v) is 5.36. The maximum Gasteiger partial charge on any atom is -0.0176 e. The first-order chi connectivity index (χ1) is 5.48. The molecule has 0 aromatic rings. The van der Waals surface area contributed by atoms with Gasteiger partial charge in [0.1, 0.15) is 0 Å². The largest absolute Gasteiger partial charge is 0.0588 e. The Bertz CT molecular complexity index is 229. The van der Waals surface area contributed by atoms with Gasteiger partial charge in [0, 0.05) is 0 Å². The van der Waals surface area contributed by atoms with Crippen LogP contribution in [0.5, 0.6) is 0 Å². The van der Waals surface area contributed by atoms with Gasteiger partial charge in [-0.2, -0.15) is 0 Å². The smallest absolute Gasteiger partial charge is 0.0176 e. The molecule has 0 nitrogen and oxygen atoms in total. The highest BCUT2D eigenvalue weighted by Gasteiger charge is 2.90. The Kier molecular flexibility index (Phi) is 0.932. The van der Waals surface area contributed by atoms with E-state index in [1.807, 2.05) is 0 Å². The van der Waals surface area contributed by atoms with Crippen LogP contribution in [0.4, 0.5) is 0 Å². The van der Waals surface area contributed by atoms with Crippen molar-refractivity contribution in [2.45, 2.75) is 47.0 Å². The standard InChI is InChI=1S/C12H20/c1-10(2)11(3)8-6-5-7-9(8)12(10,11)4/h8-9H,5-7H2,1-4H3/t8-,9+,11-,12+. The average molecular weight is 164 g/mol. The van der Waals surface area contributed by atoms with Crippen molar-refractivity contribution in [2.75, 3.05) is 0 Å². The summed E-state index contributed by atoms with van der Waals surface area (Å²) in [7, 11) is 0. The molecular weight excluding hydrogens is 144 g/mol. The summed E-state index contributed by atoms with van der Waals surface area (Å²) in [6.45, 7) is 10.1. The van der Waals surface area contributed by atoms with Crippen molar-refractivity contribution in [3.8, 4) is 0 Å². The SMILES string of the molecule is CC1(C)[C@]2(C)[C@H]3CCC[C@H]3[C@]12C. The Labute approximate surface area is 75.7 Å². The van der Waals surface area contributed by atoms with E-state index in [1.54, 1.807) is 0 Å². The zero-order chi connectivity index (χ0) is 8.78. The van der Waals surface area contributed by atoms with E-state index >= 15 is 0 Å². The molecule has 3 aliphatic carbocycles. The second-order valence-electron chi connectivity index (χ2n) is 6.17. The van der Waals surface area contributed by atoms with Gasteiger partial charge < -0.3 is 0 Å². The molecule has 0 unspecified atom stereocenters. The first kappa shape index (κ1) is 7.41. The number of hydrogen-bond acceptors (Lipinski definition) is 0. The van der Waals surface area contributed by atoms with Crippen LogP contribution in [0.3, 0.4) is 0 Å². The van der Waals surface area contributed by atoms with Crippen molar-refractivity contribution in [1.29, 1.82) is 0 Å². The van der Waals surface area contributed by atoms with Crippen LogP contribution in [0, 0.1) is 28.1 Å². The van der Waals surface area contributed by atoms with E-state index in [9.17, 15) is 0 Å². The summed E-state index contributed by atoms with van der Waals surface area (Å²) in [6, 6.07) is 0. The van der Waals surface area contributed by atoms with Crippen LogP contribution in [0.1, 0.15) is 47.0 Å². The van der Waals surface area contributed by atoms with Crippen LogP contribution < -0.4 is 0 Å². The Morgan fingerprint density at radius 2 is 1.25 bits per heavy atom. The third-order valence-corrected chi connectivity index (χ3v) is 6.61. The number of hydrogen-bond donors (Lipinski definition) is 0. The first-order valence-electron chi connectivity index (χ1n) is 5.48. The molecule has 0 aromatic carbocycles. The van der Waals surface area contributed by atoms with E-state index in [0.717, 1.165) is 22.7 Å². The van der Waals surface area contributed by atoms with Crippen molar-refractivity contribution in [2.24, 2.45) is 28.1 Å². The molecule has 0 saturated heterocycles. The van der Waals surface area contributed by atoms with Crippen LogP contribution in [-0.4, -0.2) is 0 Å². The zero-order valence-electron chi connectivity index (χ0n) is 8.78. The summed E-state index contributed by atoms with van der Waals surface area (Å²) in [6.07, 6.45) is 4.57. The lowest BCUT2D eigenvalue weighted by Gasteiger charge is -2.44. The molecule has 12 heavy (non-hydrogen) atoms. The molecule has 0 radical (unpaired) electrons. The van der Waals surface area contributed by atoms with Gasteiger partial charge in [0.2, 0.25) is 0 Å². The minimum absolute atomic E-state index is 0.649. The van der Waals surface area contributed by atoms with Crippen molar-refractivity contribution in [3.05, 3.63) is 0 Å². The van der Waals surface area contributed by atoms with Crippen LogP contribution in [0.15, 0.2) is 0 Å². The summed E-state index contributed by atoms with van der Waals surface area (Å²) in [5.74, 6) is 2.19. The predicted molar refractivity (Wildman–Crippen MR) is 50.8 cm³/mol. The van der Waals surface area contributed by atoms with Gasteiger partial charge in [-0.1, -0.05) is 34.1 Å². The third kappa shape index (κ3) is 0.367. The van der Waals surface area contributed by atoms with Crippen LogP contribution in [0.2, 0.25) is 0 Å². The Morgan fingerprint density at radius 1 is 0.833 bits per heavy atom. The third-order valence-electron chi connectivity index (χ3n) is 6.61. The van der Waals surface area contributed by atoms with Gasteiger partial charge in [-0.25, -0.2) is 0 Å². The van der Waals surface area contributed by atoms with Gasteiger partial charge in [0.15, 0.2) is 0 Å². The summed E-state index contributed by atoms with van der Waals surface area (Å²) in [5, 5.41) is 0. The lowest BCUT2D eigenvalue weighted by Crippen LogP contribution is -2.39. The summed E-state index contributed by atoms with van der Waals surface area (Å²) in [4.78, 5) is 0. The normalized spacial score (nSPS) is 65.0. The van der Waals surface area contributed by atoms with Gasteiger partial charge in [0.25, 0.3) is 0 Å². The first-order valence-corrected chi connectivity index (χ1v) is 5.48.